The van der Waals surface area contributed by atoms with E-state index in [-0.39, 0.29) is 37.5 Å². The van der Waals surface area contributed by atoms with Crippen molar-refractivity contribution in [2.24, 2.45) is 0 Å². The van der Waals surface area contributed by atoms with Gasteiger partial charge in [-0.1, -0.05) is 18.2 Å². The van der Waals surface area contributed by atoms with Gasteiger partial charge in [-0.2, -0.15) is 13.2 Å². The third kappa shape index (κ3) is 4.32. The Balaban J connectivity index is 1.33. The van der Waals surface area contributed by atoms with Crippen LogP contribution in [-0.4, -0.2) is 69.7 Å². The van der Waals surface area contributed by atoms with E-state index >= 15 is 0 Å². The maximum Gasteiger partial charge on any atom is 0.416 e. The summed E-state index contributed by atoms with van der Waals surface area (Å²) >= 11 is 0. The zero-order valence-electron chi connectivity index (χ0n) is 19.1. The normalized spacial score (nSPS) is 22.0. The number of fused-ring (bicyclic) bond motifs is 1. The van der Waals surface area contributed by atoms with Crippen LogP contribution in [0.1, 0.15) is 35.4 Å². The molecule has 2 atom stereocenters. The minimum atomic E-state index is -4.62. The second-order valence-electron chi connectivity index (χ2n) is 9.26. The molecule has 0 aliphatic carbocycles. The van der Waals surface area contributed by atoms with E-state index in [2.05, 4.69) is 9.97 Å². The molecule has 3 aromatic rings. The smallest absolute Gasteiger partial charge is 0.416 e. The van der Waals surface area contributed by atoms with Gasteiger partial charge in [0.15, 0.2) is 0 Å². The van der Waals surface area contributed by atoms with Crippen LogP contribution < -0.4 is 0 Å². The molecule has 12 heteroatoms. The van der Waals surface area contributed by atoms with Crippen LogP contribution in [-0.2, 0) is 22.6 Å². The van der Waals surface area contributed by atoms with E-state index in [1.54, 1.807) is 6.20 Å². The standard InChI is InChI=1S/C24H25F3N4O4S/c25-24(26,27)19-6-2-1-4-16(19)12-20-21(14-31(20)23(32)33)36(34,35)30-10-7-15(8-11-30)18-13-29-22-17(18)5-3-9-28-22/h1-6,9,13,15,20-21H,7-8,10-12,14H2,(H,28,29)(H,32,33). The SMILES string of the molecule is O=C(O)N1CC(S(=O)(=O)N2CCC(c3c[nH]c4ncccc34)CC2)C1Cc1ccccc1C(F)(F)F. The fourth-order valence-electron chi connectivity index (χ4n) is 5.40. The van der Waals surface area contributed by atoms with Crippen LogP contribution in [0, 0.1) is 0 Å². The molecule has 2 aromatic heterocycles. The number of nitrogens with zero attached hydrogens (tertiary/aromatic N) is 3. The highest BCUT2D eigenvalue weighted by atomic mass is 32.2. The lowest BCUT2D eigenvalue weighted by molar-refractivity contribution is -0.138. The summed E-state index contributed by atoms with van der Waals surface area (Å²) in [7, 11) is -3.92. The van der Waals surface area contributed by atoms with Gasteiger partial charge in [-0.05, 0) is 54.5 Å². The molecule has 5 rings (SSSR count). The molecule has 1 amide bonds. The molecule has 4 heterocycles. The Hall–Kier alpha value is -3.12. The Morgan fingerprint density at radius 3 is 2.56 bits per heavy atom. The largest absolute Gasteiger partial charge is 0.465 e. The number of aromatic nitrogens is 2. The molecule has 36 heavy (non-hydrogen) atoms. The maximum absolute atomic E-state index is 13.5. The van der Waals surface area contributed by atoms with Crippen molar-refractivity contribution in [2.75, 3.05) is 19.6 Å². The maximum atomic E-state index is 13.5. The molecule has 2 N–H and O–H groups in total. The number of amides is 1. The number of H-pyrrole nitrogens is 1. The molecule has 0 radical (unpaired) electrons. The van der Waals surface area contributed by atoms with Crippen LogP contribution in [0.25, 0.3) is 11.0 Å². The van der Waals surface area contributed by atoms with Crippen LogP contribution in [0.5, 0.6) is 0 Å². The summed E-state index contributed by atoms with van der Waals surface area (Å²) < 4.78 is 68.8. The van der Waals surface area contributed by atoms with E-state index < -0.39 is 39.1 Å². The molecule has 2 aliphatic heterocycles. The molecule has 8 nitrogen and oxygen atoms in total. The third-order valence-corrected chi connectivity index (χ3v) is 9.64. The van der Waals surface area contributed by atoms with Crippen molar-refractivity contribution >= 4 is 27.1 Å². The van der Waals surface area contributed by atoms with Crippen molar-refractivity contribution in [3.63, 3.8) is 0 Å². The number of carbonyl (C=O) groups is 1. The van der Waals surface area contributed by atoms with Gasteiger partial charge in [0.1, 0.15) is 10.9 Å². The molecule has 2 fully saturated rings. The van der Waals surface area contributed by atoms with Gasteiger partial charge in [0.25, 0.3) is 0 Å². The van der Waals surface area contributed by atoms with Crippen LogP contribution in [0.2, 0.25) is 0 Å². The fraction of sp³-hybridized carbons (Fsp3) is 0.417. The van der Waals surface area contributed by atoms with Crippen LogP contribution in [0.4, 0.5) is 18.0 Å². The number of alkyl halides is 3. The Kier molecular flexibility index (Phi) is 6.19. The van der Waals surface area contributed by atoms with Crippen molar-refractivity contribution in [1.82, 2.24) is 19.2 Å². The van der Waals surface area contributed by atoms with Crippen molar-refractivity contribution in [3.05, 3.63) is 65.5 Å². The molecule has 2 aliphatic rings. The lowest BCUT2D eigenvalue weighted by Crippen LogP contribution is -2.67. The molecular weight excluding hydrogens is 497 g/mol. The Bertz CT molecular complexity index is 1380. The first-order valence-electron chi connectivity index (χ1n) is 11.6. The number of hydrogen-bond acceptors (Lipinski definition) is 4. The van der Waals surface area contributed by atoms with Gasteiger partial charge < -0.3 is 15.0 Å². The van der Waals surface area contributed by atoms with Crippen LogP contribution in [0.15, 0.2) is 48.8 Å². The highest BCUT2D eigenvalue weighted by Gasteiger charge is 2.52. The van der Waals surface area contributed by atoms with Gasteiger partial charge in [-0.3, -0.25) is 0 Å². The van der Waals surface area contributed by atoms with E-state index in [9.17, 15) is 31.5 Å². The van der Waals surface area contributed by atoms with Crippen molar-refractivity contribution in [2.45, 2.75) is 42.6 Å². The quantitative estimate of drug-likeness (QED) is 0.526. The van der Waals surface area contributed by atoms with E-state index in [0.29, 0.717) is 12.8 Å². The minimum Gasteiger partial charge on any atom is -0.465 e. The predicted molar refractivity (Wildman–Crippen MR) is 126 cm³/mol. The number of nitrogens with one attached hydrogen (secondary N) is 1. The first-order valence-corrected chi connectivity index (χ1v) is 13.1. The lowest BCUT2D eigenvalue weighted by atomic mass is 9.90. The second kappa shape index (κ2) is 9.07. The number of aromatic amines is 1. The molecule has 0 bridgehead atoms. The van der Waals surface area contributed by atoms with Crippen molar-refractivity contribution in [3.8, 4) is 0 Å². The Morgan fingerprint density at radius 2 is 1.86 bits per heavy atom. The zero-order valence-corrected chi connectivity index (χ0v) is 20.0. The predicted octanol–water partition coefficient (Wildman–Crippen LogP) is 4.06. The minimum absolute atomic E-state index is 0.118. The van der Waals surface area contributed by atoms with E-state index in [0.717, 1.165) is 27.6 Å². The van der Waals surface area contributed by atoms with E-state index in [1.165, 1.54) is 22.5 Å². The topological polar surface area (TPSA) is 107 Å². The summed E-state index contributed by atoms with van der Waals surface area (Å²) in [4.78, 5) is 20.0. The summed E-state index contributed by atoms with van der Waals surface area (Å²) in [6.07, 6.45) is -1.54. The first kappa shape index (κ1) is 24.6. The number of likely N-dealkylation sites (tertiary alicyclic amines) is 1. The summed E-state index contributed by atoms with van der Waals surface area (Å²) in [5.41, 5.74) is 0.852. The molecule has 0 saturated carbocycles. The average molecular weight is 523 g/mol. The number of benzene rings is 1. The third-order valence-electron chi connectivity index (χ3n) is 7.32. The lowest BCUT2D eigenvalue weighted by Gasteiger charge is -2.48. The number of piperidine rings is 1. The van der Waals surface area contributed by atoms with E-state index in [4.69, 9.17) is 0 Å². The summed E-state index contributed by atoms with van der Waals surface area (Å²) in [6, 6.07) is 7.61. The van der Waals surface area contributed by atoms with Gasteiger partial charge in [0.2, 0.25) is 10.0 Å². The van der Waals surface area contributed by atoms with Gasteiger partial charge in [-0.25, -0.2) is 22.5 Å². The monoisotopic (exact) mass is 522 g/mol. The van der Waals surface area contributed by atoms with E-state index in [1.807, 2.05) is 18.3 Å². The van der Waals surface area contributed by atoms with Crippen LogP contribution >= 0.6 is 0 Å². The Morgan fingerprint density at radius 1 is 1.14 bits per heavy atom. The highest BCUT2D eigenvalue weighted by Crippen LogP contribution is 2.38. The zero-order chi connectivity index (χ0) is 25.7. The number of pyridine rings is 1. The summed E-state index contributed by atoms with van der Waals surface area (Å²) in [5.74, 6) is 0.140. The summed E-state index contributed by atoms with van der Waals surface area (Å²) in [6.45, 7) is 0.259. The molecule has 0 spiro atoms. The summed E-state index contributed by atoms with van der Waals surface area (Å²) in [5, 5.41) is 9.42. The molecule has 192 valence electrons. The van der Waals surface area contributed by atoms with Gasteiger partial charge in [0, 0.05) is 37.4 Å². The van der Waals surface area contributed by atoms with Gasteiger partial charge in [0.05, 0.1) is 11.6 Å². The van der Waals surface area contributed by atoms with Gasteiger partial charge in [-0.15, -0.1) is 0 Å². The highest BCUT2D eigenvalue weighted by molar-refractivity contribution is 7.89. The van der Waals surface area contributed by atoms with Crippen molar-refractivity contribution in [1.29, 1.82) is 0 Å². The first-order chi connectivity index (χ1) is 17.1. The van der Waals surface area contributed by atoms with Crippen LogP contribution in [0.3, 0.4) is 0 Å². The average Bonchev–Trinajstić information content (AvgIpc) is 3.25. The fourth-order valence-corrected chi connectivity index (χ4v) is 7.49. The molecule has 1 aromatic carbocycles. The van der Waals surface area contributed by atoms with Crippen molar-refractivity contribution < 1.29 is 31.5 Å². The van der Waals surface area contributed by atoms with Gasteiger partial charge >= 0.3 is 12.3 Å². The number of rotatable bonds is 5. The molecule has 2 unspecified atom stereocenters. The number of hydrogen-bond donors (Lipinski definition) is 2. The number of carboxylic acid groups (broad SMARTS) is 1. The number of sulfonamides is 1. The second-order valence-corrected chi connectivity index (χ2v) is 11.4. The molecule has 2 saturated heterocycles. The number of halogens is 3. The molecular formula is C24H25F3N4O4S. The Labute approximate surface area is 205 Å².